The third kappa shape index (κ3) is 2.99. The second-order valence-electron chi connectivity index (χ2n) is 7.32. The molecular formula is C21H20FN3OS. The summed E-state index contributed by atoms with van der Waals surface area (Å²) >= 11 is 1.72. The molecule has 1 saturated heterocycles. The molecule has 2 atom stereocenters. The topological polar surface area (TPSA) is 28.5 Å². The molecule has 0 unspecified atom stereocenters. The van der Waals surface area contributed by atoms with Crippen LogP contribution in [0.25, 0.3) is 0 Å². The summed E-state index contributed by atoms with van der Waals surface area (Å²) in [6.07, 6.45) is 2.02. The summed E-state index contributed by atoms with van der Waals surface area (Å²) < 4.78 is 15.4. The van der Waals surface area contributed by atoms with E-state index in [1.165, 1.54) is 17.7 Å². The van der Waals surface area contributed by atoms with Gasteiger partial charge in [-0.15, -0.1) is 0 Å². The van der Waals surface area contributed by atoms with Gasteiger partial charge in [0.15, 0.2) is 0 Å². The van der Waals surface area contributed by atoms with Crippen LogP contribution in [0.5, 0.6) is 0 Å². The Hall–Kier alpha value is -2.44. The number of rotatable bonds is 4. The molecule has 1 fully saturated rings. The van der Waals surface area contributed by atoms with Gasteiger partial charge in [0.05, 0.1) is 12.1 Å². The second kappa shape index (κ2) is 6.62. The Balaban J connectivity index is 1.44. The van der Waals surface area contributed by atoms with Crippen LogP contribution in [0.2, 0.25) is 0 Å². The molecule has 27 heavy (non-hydrogen) atoms. The van der Waals surface area contributed by atoms with Gasteiger partial charge in [0.25, 0.3) is 5.91 Å². The van der Waals surface area contributed by atoms with Gasteiger partial charge in [-0.2, -0.15) is 11.3 Å². The van der Waals surface area contributed by atoms with Crippen molar-refractivity contribution in [3.63, 3.8) is 0 Å². The maximum atomic E-state index is 13.3. The van der Waals surface area contributed by atoms with Gasteiger partial charge >= 0.3 is 0 Å². The number of nitrogens with zero attached hydrogens (tertiary/aromatic N) is 3. The van der Waals surface area contributed by atoms with E-state index >= 15 is 0 Å². The van der Waals surface area contributed by atoms with Crippen molar-refractivity contribution in [2.24, 2.45) is 0 Å². The molecule has 6 heteroatoms. The standard InChI is InChI=1S/C21H20FN3OS/c22-17-5-3-15(4-6-17)11-25-20-13-23(10-16-7-9-27-14-16)12-19(20)24-8-1-2-18(24)21(25)26/h1-9,14,19-20H,10-13H2/t19-,20-/m1/s1. The number of thiophene rings is 1. The Morgan fingerprint density at radius 1 is 1.00 bits per heavy atom. The predicted octanol–water partition coefficient (Wildman–Crippen LogP) is 3.77. The smallest absolute Gasteiger partial charge is 0.271 e. The lowest BCUT2D eigenvalue weighted by atomic mass is 10.0. The van der Waals surface area contributed by atoms with E-state index in [9.17, 15) is 9.18 Å². The summed E-state index contributed by atoms with van der Waals surface area (Å²) in [6, 6.07) is 12.9. The first kappa shape index (κ1) is 16.7. The molecule has 0 radical (unpaired) electrons. The number of fused-ring (bicyclic) bond motifs is 3. The van der Waals surface area contributed by atoms with E-state index in [0.29, 0.717) is 6.54 Å². The van der Waals surface area contributed by atoms with Crippen molar-refractivity contribution < 1.29 is 9.18 Å². The number of aromatic nitrogens is 1. The van der Waals surface area contributed by atoms with E-state index in [2.05, 4.69) is 26.3 Å². The van der Waals surface area contributed by atoms with Gasteiger partial charge in [0, 0.05) is 32.4 Å². The van der Waals surface area contributed by atoms with Crippen LogP contribution >= 0.6 is 11.3 Å². The van der Waals surface area contributed by atoms with Gasteiger partial charge in [-0.05, 0) is 52.2 Å². The predicted molar refractivity (Wildman–Crippen MR) is 103 cm³/mol. The fourth-order valence-electron chi connectivity index (χ4n) is 4.33. The molecule has 4 nitrogen and oxygen atoms in total. The van der Waals surface area contributed by atoms with E-state index in [1.807, 2.05) is 23.2 Å². The van der Waals surface area contributed by atoms with Crippen molar-refractivity contribution in [2.75, 3.05) is 13.1 Å². The van der Waals surface area contributed by atoms with Crippen LogP contribution in [-0.2, 0) is 13.1 Å². The van der Waals surface area contributed by atoms with Crippen molar-refractivity contribution in [1.29, 1.82) is 0 Å². The summed E-state index contributed by atoms with van der Waals surface area (Å²) in [5.74, 6) is -0.193. The first-order valence-electron chi connectivity index (χ1n) is 9.15. The molecule has 0 aliphatic carbocycles. The van der Waals surface area contributed by atoms with Crippen LogP contribution in [-0.4, -0.2) is 39.4 Å². The Bertz CT molecular complexity index is 950. The van der Waals surface area contributed by atoms with Gasteiger partial charge in [-0.1, -0.05) is 12.1 Å². The molecule has 0 N–H and O–H groups in total. The fraction of sp³-hybridized carbons (Fsp3) is 0.286. The highest BCUT2D eigenvalue weighted by molar-refractivity contribution is 7.07. The molecule has 0 bridgehead atoms. The quantitative estimate of drug-likeness (QED) is 0.688. The lowest BCUT2D eigenvalue weighted by Crippen LogP contribution is -2.49. The van der Waals surface area contributed by atoms with Crippen molar-refractivity contribution in [3.8, 4) is 0 Å². The zero-order valence-electron chi connectivity index (χ0n) is 14.8. The van der Waals surface area contributed by atoms with Crippen LogP contribution in [0.1, 0.15) is 27.7 Å². The molecule has 1 amide bonds. The van der Waals surface area contributed by atoms with Crippen molar-refractivity contribution >= 4 is 17.2 Å². The molecule has 2 aromatic heterocycles. The number of benzene rings is 1. The minimum atomic E-state index is -0.252. The first-order chi connectivity index (χ1) is 13.2. The normalized spacial score (nSPS) is 22.1. The maximum Gasteiger partial charge on any atom is 0.271 e. The highest BCUT2D eigenvalue weighted by atomic mass is 32.1. The summed E-state index contributed by atoms with van der Waals surface area (Å²) in [5, 5.41) is 4.29. The van der Waals surface area contributed by atoms with Crippen LogP contribution in [0, 0.1) is 5.82 Å². The second-order valence-corrected chi connectivity index (χ2v) is 8.10. The molecule has 138 valence electrons. The summed E-state index contributed by atoms with van der Waals surface area (Å²) in [6.45, 7) is 3.20. The molecule has 3 aromatic rings. The molecule has 2 aliphatic heterocycles. The minimum absolute atomic E-state index is 0.0583. The Morgan fingerprint density at radius 3 is 2.59 bits per heavy atom. The third-order valence-electron chi connectivity index (χ3n) is 5.60. The van der Waals surface area contributed by atoms with E-state index in [0.717, 1.165) is 30.9 Å². The third-order valence-corrected chi connectivity index (χ3v) is 6.34. The highest BCUT2D eigenvalue weighted by Gasteiger charge is 2.44. The number of halogens is 1. The van der Waals surface area contributed by atoms with Gasteiger partial charge < -0.3 is 9.47 Å². The molecule has 0 spiro atoms. The summed E-state index contributed by atoms with van der Waals surface area (Å²) in [5.41, 5.74) is 3.03. The highest BCUT2D eigenvalue weighted by Crippen LogP contribution is 2.35. The average molecular weight is 381 g/mol. The molecule has 2 aliphatic rings. The molecule has 1 aromatic carbocycles. The number of carbonyl (C=O) groups is 1. The first-order valence-corrected chi connectivity index (χ1v) is 10.1. The lowest BCUT2D eigenvalue weighted by Gasteiger charge is -2.38. The largest absolute Gasteiger partial charge is 0.337 e. The Labute approximate surface area is 161 Å². The van der Waals surface area contributed by atoms with E-state index in [1.54, 1.807) is 23.5 Å². The van der Waals surface area contributed by atoms with Crippen molar-refractivity contribution in [3.05, 3.63) is 82.1 Å². The Morgan fingerprint density at radius 2 is 1.81 bits per heavy atom. The van der Waals surface area contributed by atoms with Crippen LogP contribution in [0.3, 0.4) is 0 Å². The van der Waals surface area contributed by atoms with Gasteiger partial charge in [-0.3, -0.25) is 9.69 Å². The van der Waals surface area contributed by atoms with Crippen LogP contribution in [0.15, 0.2) is 59.4 Å². The zero-order valence-corrected chi connectivity index (χ0v) is 15.6. The van der Waals surface area contributed by atoms with Gasteiger partial charge in [-0.25, -0.2) is 4.39 Å². The maximum absolute atomic E-state index is 13.3. The number of likely N-dealkylation sites (tertiary alicyclic amines) is 1. The number of carbonyl (C=O) groups excluding carboxylic acids is 1. The van der Waals surface area contributed by atoms with E-state index in [-0.39, 0.29) is 23.8 Å². The monoisotopic (exact) mass is 381 g/mol. The number of hydrogen-bond donors (Lipinski definition) is 0. The van der Waals surface area contributed by atoms with Gasteiger partial charge in [0.1, 0.15) is 11.5 Å². The number of amides is 1. The summed E-state index contributed by atoms with van der Waals surface area (Å²) in [4.78, 5) is 17.5. The minimum Gasteiger partial charge on any atom is -0.337 e. The van der Waals surface area contributed by atoms with E-state index < -0.39 is 0 Å². The lowest BCUT2D eigenvalue weighted by molar-refractivity contribution is 0.0556. The SMILES string of the molecule is O=C1c2cccn2[C@@H]2CN(Cc3ccsc3)C[C@H]2N1Cc1ccc(F)cc1. The number of hydrogen-bond acceptors (Lipinski definition) is 3. The average Bonchev–Trinajstić information content (AvgIpc) is 3.40. The fourth-order valence-corrected chi connectivity index (χ4v) is 4.99. The molecule has 0 saturated carbocycles. The van der Waals surface area contributed by atoms with Crippen LogP contribution in [0.4, 0.5) is 4.39 Å². The molecule has 4 heterocycles. The van der Waals surface area contributed by atoms with Crippen molar-refractivity contribution in [2.45, 2.75) is 25.2 Å². The molecule has 5 rings (SSSR count). The van der Waals surface area contributed by atoms with Crippen LogP contribution < -0.4 is 0 Å². The molecular weight excluding hydrogens is 361 g/mol. The van der Waals surface area contributed by atoms with E-state index in [4.69, 9.17) is 0 Å². The van der Waals surface area contributed by atoms with Gasteiger partial charge in [0.2, 0.25) is 0 Å². The zero-order chi connectivity index (χ0) is 18.4. The summed E-state index contributed by atoms with van der Waals surface area (Å²) in [7, 11) is 0. The Kier molecular flexibility index (Phi) is 4.10. The van der Waals surface area contributed by atoms with Crippen molar-refractivity contribution in [1.82, 2.24) is 14.4 Å².